The first kappa shape index (κ1) is 15.4. The van der Waals surface area contributed by atoms with E-state index in [9.17, 15) is 9.18 Å². The summed E-state index contributed by atoms with van der Waals surface area (Å²) in [6, 6.07) is 10.7. The van der Waals surface area contributed by atoms with Crippen molar-refractivity contribution in [2.24, 2.45) is 5.92 Å². The Labute approximate surface area is 141 Å². The van der Waals surface area contributed by atoms with Gasteiger partial charge in [-0.15, -0.1) is 0 Å². The minimum Gasteiger partial charge on any atom is -0.461 e. The third kappa shape index (κ3) is 3.53. The van der Waals surface area contributed by atoms with E-state index in [1.165, 1.54) is 18.9 Å². The summed E-state index contributed by atoms with van der Waals surface area (Å²) in [5, 5.41) is 0. The Morgan fingerprint density at radius 3 is 2.62 bits per heavy atom. The number of benzene rings is 1. The molecule has 1 amide bonds. The molecule has 0 unspecified atom stereocenters. The van der Waals surface area contributed by atoms with Gasteiger partial charge in [0.2, 0.25) is 5.91 Å². The van der Waals surface area contributed by atoms with Crippen LogP contribution >= 0.6 is 0 Å². The number of hydrogen-bond donors (Lipinski definition) is 0. The van der Waals surface area contributed by atoms with Gasteiger partial charge in [0.05, 0.1) is 5.56 Å². The second-order valence-corrected chi connectivity index (χ2v) is 6.97. The van der Waals surface area contributed by atoms with Crippen LogP contribution in [-0.4, -0.2) is 23.4 Å². The van der Waals surface area contributed by atoms with Crippen molar-refractivity contribution in [2.75, 3.05) is 6.54 Å². The molecule has 1 aromatic heterocycles. The second kappa shape index (κ2) is 6.42. The zero-order valence-corrected chi connectivity index (χ0v) is 13.7. The van der Waals surface area contributed by atoms with Gasteiger partial charge in [-0.25, -0.2) is 4.39 Å². The molecule has 1 aromatic carbocycles. The van der Waals surface area contributed by atoms with E-state index in [4.69, 9.17) is 4.42 Å². The van der Waals surface area contributed by atoms with Crippen molar-refractivity contribution in [3.8, 4) is 11.3 Å². The molecule has 0 aliphatic heterocycles. The summed E-state index contributed by atoms with van der Waals surface area (Å²) in [6.07, 6.45) is 5.86. The summed E-state index contributed by atoms with van der Waals surface area (Å²) < 4.78 is 19.5. The van der Waals surface area contributed by atoms with Crippen LogP contribution in [0.15, 0.2) is 40.8 Å². The Kier molecular flexibility index (Phi) is 4.13. The summed E-state index contributed by atoms with van der Waals surface area (Å²) >= 11 is 0. The summed E-state index contributed by atoms with van der Waals surface area (Å²) in [4.78, 5) is 14.6. The topological polar surface area (TPSA) is 33.5 Å². The quantitative estimate of drug-likeness (QED) is 0.754. The van der Waals surface area contributed by atoms with E-state index in [-0.39, 0.29) is 11.7 Å². The van der Waals surface area contributed by atoms with Crippen molar-refractivity contribution in [1.82, 2.24) is 4.90 Å². The zero-order valence-electron chi connectivity index (χ0n) is 13.7. The molecule has 3 nitrogen and oxygen atoms in total. The van der Waals surface area contributed by atoms with Gasteiger partial charge in [-0.05, 0) is 55.9 Å². The fourth-order valence-corrected chi connectivity index (χ4v) is 3.11. The van der Waals surface area contributed by atoms with Gasteiger partial charge < -0.3 is 9.32 Å². The molecule has 2 saturated carbocycles. The number of rotatable bonds is 7. The lowest BCUT2D eigenvalue weighted by atomic mass is 10.1. The highest BCUT2D eigenvalue weighted by Gasteiger charge is 2.36. The molecule has 0 bridgehead atoms. The van der Waals surface area contributed by atoms with E-state index >= 15 is 0 Å². The number of aryl methyl sites for hydroxylation is 1. The highest BCUT2D eigenvalue weighted by molar-refractivity contribution is 5.77. The number of carbonyl (C=O) groups excluding carboxylic acids is 1. The summed E-state index contributed by atoms with van der Waals surface area (Å²) in [7, 11) is 0. The predicted octanol–water partition coefficient (Wildman–Crippen LogP) is 4.42. The fourth-order valence-electron chi connectivity index (χ4n) is 3.11. The Bertz CT molecular complexity index is 731. The van der Waals surface area contributed by atoms with Crippen molar-refractivity contribution in [1.29, 1.82) is 0 Å². The van der Waals surface area contributed by atoms with E-state index in [1.807, 2.05) is 6.07 Å². The van der Waals surface area contributed by atoms with Gasteiger partial charge in [0.25, 0.3) is 0 Å². The van der Waals surface area contributed by atoms with Crippen LogP contribution in [0, 0.1) is 11.7 Å². The average molecular weight is 327 g/mol. The molecule has 4 rings (SSSR count). The first-order chi connectivity index (χ1) is 11.7. The van der Waals surface area contributed by atoms with Gasteiger partial charge in [-0.3, -0.25) is 4.79 Å². The molecule has 0 atom stereocenters. The average Bonchev–Trinajstić information content (AvgIpc) is 3.50. The molecule has 2 fully saturated rings. The molecule has 24 heavy (non-hydrogen) atoms. The van der Waals surface area contributed by atoms with Gasteiger partial charge in [0.15, 0.2) is 0 Å². The van der Waals surface area contributed by atoms with Crippen molar-refractivity contribution >= 4 is 5.91 Å². The van der Waals surface area contributed by atoms with Crippen LogP contribution < -0.4 is 0 Å². The van der Waals surface area contributed by atoms with E-state index < -0.39 is 0 Å². The first-order valence-electron chi connectivity index (χ1n) is 8.84. The molecule has 2 aliphatic carbocycles. The standard InChI is InChI=1S/C20H22FNO2/c21-18-4-2-1-3-17(18)19-11-9-16(24-19)10-12-20(23)22(15-7-8-15)13-14-5-6-14/h1-4,9,11,14-15H,5-8,10,12-13H2. The van der Waals surface area contributed by atoms with Gasteiger partial charge in [-0.1, -0.05) is 12.1 Å². The lowest BCUT2D eigenvalue weighted by Gasteiger charge is -2.22. The predicted molar refractivity (Wildman–Crippen MR) is 89.9 cm³/mol. The van der Waals surface area contributed by atoms with E-state index in [0.717, 1.165) is 31.1 Å². The molecule has 0 spiro atoms. The highest BCUT2D eigenvalue weighted by atomic mass is 19.1. The van der Waals surface area contributed by atoms with Crippen molar-refractivity contribution in [3.63, 3.8) is 0 Å². The third-order valence-corrected chi connectivity index (χ3v) is 4.85. The first-order valence-corrected chi connectivity index (χ1v) is 8.84. The maximum atomic E-state index is 13.8. The van der Waals surface area contributed by atoms with Crippen LogP contribution in [0.1, 0.15) is 37.9 Å². The molecular formula is C20H22FNO2. The smallest absolute Gasteiger partial charge is 0.223 e. The molecule has 0 radical (unpaired) electrons. The number of nitrogens with zero attached hydrogens (tertiary/aromatic N) is 1. The molecular weight excluding hydrogens is 305 g/mol. The van der Waals surface area contributed by atoms with E-state index in [2.05, 4.69) is 4.90 Å². The number of halogens is 1. The van der Waals surface area contributed by atoms with Gasteiger partial charge in [0, 0.05) is 25.4 Å². The summed E-state index contributed by atoms with van der Waals surface area (Å²) in [5.74, 6) is 1.93. The Morgan fingerprint density at radius 2 is 1.92 bits per heavy atom. The van der Waals surface area contributed by atoms with Gasteiger partial charge in [0.1, 0.15) is 17.3 Å². The monoisotopic (exact) mass is 327 g/mol. The van der Waals surface area contributed by atoms with Crippen LogP contribution in [0.5, 0.6) is 0 Å². The van der Waals surface area contributed by atoms with Crippen LogP contribution in [-0.2, 0) is 11.2 Å². The number of furan rings is 1. The lowest BCUT2D eigenvalue weighted by Crippen LogP contribution is -2.35. The Hall–Kier alpha value is -2.10. The minimum absolute atomic E-state index is 0.230. The molecule has 126 valence electrons. The summed E-state index contributed by atoms with van der Waals surface area (Å²) in [5.41, 5.74) is 0.461. The number of hydrogen-bond acceptors (Lipinski definition) is 2. The SMILES string of the molecule is O=C(CCc1ccc(-c2ccccc2F)o1)N(CC1CC1)C1CC1. The van der Waals surface area contributed by atoms with Crippen molar-refractivity contribution in [2.45, 2.75) is 44.6 Å². The maximum Gasteiger partial charge on any atom is 0.223 e. The van der Waals surface area contributed by atoms with E-state index in [1.54, 1.807) is 24.3 Å². The van der Waals surface area contributed by atoms with Gasteiger partial charge >= 0.3 is 0 Å². The normalized spacial score (nSPS) is 17.0. The van der Waals surface area contributed by atoms with E-state index in [0.29, 0.717) is 30.2 Å². The number of carbonyl (C=O) groups is 1. The molecule has 2 aliphatic rings. The molecule has 0 N–H and O–H groups in total. The van der Waals surface area contributed by atoms with Crippen LogP contribution in [0.25, 0.3) is 11.3 Å². The molecule has 2 aromatic rings. The van der Waals surface area contributed by atoms with Crippen LogP contribution in [0.2, 0.25) is 0 Å². The summed E-state index contributed by atoms with van der Waals surface area (Å²) in [6.45, 7) is 0.933. The van der Waals surface area contributed by atoms with Crippen LogP contribution in [0.3, 0.4) is 0 Å². The highest BCUT2D eigenvalue weighted by Crippen LogP contribution is 2.35. The fraction of sp³-hybridized carbons (Fsp3) is 0.450. The third-order valence-electron chi connectivity index (χ3n) is 4.85. The second-order valence-electron chi connectivity index (χ2n) is 6.97. The molecule has 0 saturated heterocycles. The Morgan fingerprint density at radius 1 is 1.12 bits per heavy atom. The lowest BCUT2D eigenvalue weighted by molar-refractivity contribution is -0.132. The maximum absolute atomic E-state index is 13.8. The number of amides is 1. The van der Waals surface area contributed by atoms with Gasteiger partial charge in [-0.2, -0.15) is 0 Å². The van der Waals surface area contributed by atoms with Crippen LogP contribution in [0.4, 0.5) is 4.39 Å². The largest absolute Gasteiger partial charge is 0.461 e. The van der Waals surface area contributed by atoms with Crippen molar-refractivity contribution in [3.05, 3.63) is 48.0 Å². The van der Waals surface area contributed by atoms with Crippen molar-refractivity contribution < 1.29 is 13.6 Å². The zero-order chi connectivity index (χ0) is 16.5. The minimum atomic E-state index is -0.293. The molecule has 1 heterocycles. The molecule has 4 heteroatoms. The Balaban J connectivity index is 1.37.